The third kappa shape index (κ3) is 3.32. The second kappa shape index (κ2) is 6.14. The Morgan fingerprint density at radius 3 is 3.07 bits per heavy atom. The molecule has 0 atom stereocenters. The SMILES string of the molecule is CCOC(=O)c1cccnc1CCCO. The van der Waals surface area contributed by atoms with Gasteiger partial charge >= 0.3 is 5.97 Å². The number of aryl methyl sites for hydroxylation is 1. The van der Waals surface area contributed by atoms with Gasteiger partial charge in [0.1, 0.15) is 0 Å². The van der Waals surface area contributed by atoms with E-state index >= 15 is 0 Å². The maximum absolute atomic E-state index is 11.5. The summed E-state index contributed by atoms with van der Waals surface area (Å²) in [6.45, 7) is 2.22. The molecule has 1 aromatic heterocycles. The van der Waals surface area contributed by atoms with Crippen LogP contribution in [0.4, 0.5) is 0 Å². The summed E-state index contributed by atoms with van der Waals surface area (Å²) in [5, 5.41) is 8.72. The van der Waals surface area contributed by atoms with E-state index in [2.05, 4.69) is 4.98 Å². The molecule has 82 valence electrons. The minimum absolute atomic E-state index is 0.0961. The van der Waals surface area contributed by atoms with Crippen molar-refractivity contribution < 1.29 is 14.6 Å². The first-order valence-corrected chi connectivity index (χ1v) is 5.01. The quantitative estimate of drug-likeness (QED) is 0.740. The molecule has 0 bridgehead atoms. The Morgan fingerprint density at radius 2 is 2.40 bits per heavy atom. The normalized spacial score (nSPS) is 10.0. The third-order valence-electron chi connectivity index (χ3n) is 1.96. The molecule has 0 aliphatic carbocycles. The summed E-state index contributed by atoms with van der Waals surface area (Å²) >= 11 is 0. The van der Waals surface area contributed by atoms with E-state index in [1.807, 2.05) is 0 Å². The van der Waals surface area contributed by atoms with Crippen LogP contribution in [0, 0.1) is 0 Å². The van der Waals surface area contributed by atoms with Crippen LogP contribution in [0.15, 0.2) is 18.3 Å². The zero-order valence-electron chi connectivity index (χ0n) is 8.77. The number of hydrogen-bond acceptors (Lipinski definition) is 4. The lowest BCUT2D eigenvalue weighted by molar-refractivity contribution is 0.0524. The van der Waals surface area contributed by atoms with Crippen molar-refractivity contribution in [3.8, 4) is 0 Å². The van der Waals surface area contributed by atoms with Crippen molar-refractivity contribution in [3.05, 3.63) is 29.6 Å². The summed E-state index contributed by atoms with van der Waals surface area (Å²) in [6, 6.07) is 3.40. The molecular formula is C11H15NO3. The average molecular weight is 209 g/mol. The number of carbonyl (C=O) groups is 1. The lowest BCUT2D eigenvalue weighted by Gasteiger charge is -2.06. The highest BCUT2D eigenvalue weighted by Crippen LogP contribution is 2.09. The lowest BCUT2D eigenvalue weighted by atomic mass is 10.1. The van der Waals surface area contributed by atoms with Gasteiger partial charge in [-0.15, -0.1) is 0 Å². The fraction of sp³-hybridized carbons (Fsp3) is 0.455. The van der Waals surface area contributed by atoms with Gasteiger partial charge < -0.3 is 9.84 Å². The van der Waals surface area contributed by atoms with Gasteiger partial charge in [-0.1, -0.05) is 0 Å². The second-order valence-electron chi connectivity index (χ2n) is 3.05. The first kappa shape index (κ1) is 11.7. The second-order valence-corrected chi connectivity index (χ2v) is 3.05. The van der Waals surface area contributed by atoms with Gasteiger partial charge in [-0.25, -0.2) is 4.79 Å². The average Bonchev–Trinajstić information content (AvgIpc) is 2.27. The van der Waals surface area contributed by atoms with Gasteiger partial charge in [-0.3, -0.25) is 4.98 Å². The van der Waals surface area contributed by atoms with Crippen molar-refractivity contribution in [3.63, 3.8) is 0 Å². The topological polar surface area (TPSA) is 59.4 Å². The van der Waals surface area contributed by atoms with Crippen molar-refractivity contribution >= 4 is 5.97 Å². The van der Waals surface area contributed by atoms with Crippen LogP contribution in [-0.2, 0) is 11.2 Å². The van der Waals surface area contributed by atoms with Crippen molar-refractivity contribution in [1.82, 2.24) is 4.98 Å². The largest absolute Gasteiger partial charge is 0.462 e. The van der Waals surface area contributed by atoms with Crippen molar-refractivity contribution in [1.29, 1.82) is 0 Å². The molecule has 1 N–H and O–H groups in total. The zero-order valence-corrected chi connectivity index (χ0v) is 8.77. The molecule has 0 spiro atoms. The Hall–Kier alpha value is -1.42. The predicted octanol–water partition coefficient (Wildman–Crippen LogP) is 1.18. The van der Waals surface area contributed by atoms with Gasteiger partial charge in [0.2, 0.25) is 0 Å². The van der Waals surface area contributed by atoms with E-state index in [1.165, 1.54) is 0 Å². The molecule has 0 aromatic carbocycles. The number of carbonyl (C=O) groups excluding carboxylic acids is 1. The summed E-state index contributed by atoms with van der Waals surface area (Å²) < 4.78 is 4.91. The Balaban J connectivity index is 2.80. The molecule has 0 unspecified atom stereocenters. The minimum atomic E-state index is -0.349. The molecule has 0 saturated carbocycles. The van der Waals surface area contributed by atoms with E-state index in [4.69, 9.17) is 9.84 Å². The van der Waals surface area contributed by atoms with Crippen LogP contribution < -0.4 is 0 Å². The highest BCUT2D eigenvalue weighted by Gasteiger charge is 2.12. The summed E-state index contributed by atoms with van der Waals surface area (Å²) in [6.07, 6.45) is 2.82. The molecule has 1 rings (SSSR count). The van der Waals surface area contributed by atoms with Crippen molar-refractivity contribution in [2.75, 3.05) is 13.2 Å². The Bertz CT molecular complexity index is 325. The van der Waals surface area contributed by atoms with Crippen LogP contribution in [-0.4, -0.2) is 29.3 Å². The Kier molecular flexibility index (Phi) is 4.77. The Labute approximate surface area is 88.9 Å². The molecule has 4 heteroatoms. The number of esters is 1. The van der Waals surface area contributed by atoms with Crippen LogP contribution in [0.3, 0.4) is 0 Å². The molecule has 1 aromatic rings. The maximum atomic E-state index is 11.5. The molecule has 0 aliphatic rings. The lowest BCUT2D eigenvalue weighted by Crippen LogP contribution is -2.09. The van der Waals surface area contributed by atoms with Crippen LogP contribution in [0.1, 0.15) is 29.4 Å². The predicted molar refractivity (Wildman–Crippen MR) is 55.6 cm³/mol. The molecule has 15 heavy (non-hydrogen) atoms. The molecule has 0 aliphatic heterocycles. The highest BCUT2D eigenvalue weighted by atomic mass is 16.5. The van der Waals surface area contributed by atoms with Crippen molar-refractivity contribution in [2.24, 2.45) is 0 Å². The van der Waals surface area contributed by atoms with E-state index < -0.39 is 0 Å². The first-order valence-electron chi connectivity index (χ1n) is 5.01. The minimum Gasteiger partial charge on any atom is -0.462 e. The third-order valence-corrected chi connectivity index (χ3v) is 1.96. The van der Waals surface area contributed by atoms with Gasteiger partial charge in [-0.05, 0) is 31.9 Å². The molecule has 0 radical (unpaired) electrons. The number of aromatic nitrogens is 1. The fourth-order valence-electron chi connectivity index (χ4n) is 1.28. The van der Waals surface area contributed by atoms with Crippen LogP contribution >= 0.6 is 0 Å². The number of aliphatic hydroxyl groups excluding tert-OH is 1. The van der Waals surface area contributed by atoms with E-state index in [9.17, 15) is 4.79 Å². The molecule has 0 amide bonds. The zero-order chi connectivity index (χ0) is 11.1. The summed E-state index contributed by atoms with van der Waals surface area (Å²) in [7, 11) is 0. The first-order chi connectivity index (χ1) is 7.29. The Morgan fingerprint density at radius 1 is 1.60 bits per heavy atom. The van der Waals surface area contributed by atoms with Crippen LogP contribution in [0.25, 0.3) is 0 Å². The molecule has 4 nitrogen and oxygen atoms in total. The fourth-order valence-corrected chi connectivity index (χ4v) is 1.28. The summed E-state index contributed by atoms with van der Waals surface area (Å²) in [5.74, 6) is -0.349. The van der Waals surface area contributed by atoms with Gasteiger partial charge in [-0.2, -0.15) is 0 Å². The van der Waals surface area contributed by atoms with Gasteiger partial charge in [0.25, 0.3) is 0 Å². The molecule has 0 fully saturated rings. The van der Waals surface area contributed by atoms with Gasteiger partial charge in [0.15, 0.2) is 0 Å². The van der Waals surface area contributed by atoms with Crippen molar-refractivity contribution in [2.45, 2.75) is 19.8 Å². The number of rotatable bonds is 5. The molecular weight excluding hydrogens is 194 g/mol. The number of hydrogen-bond donors (Lipinski definition) is 1. The van der Waals surface area contributed by atoms with E-state index in [-0.39, 0.29) is 12.6 Å². The number of aliphatic hydroxyl groups is 1. The van der Waals surface area contributed by atoms with E-state index in [0.29, 0.717) is 30.7 Å². The van der Waals surface area contributed by atoms with Crippen LogP contribution in [0.5, 0.6) is 0 Å². The highest BCUT2D eigenvalue weighted by molar-refractivity contribution is 5.90. The monoisotopic (exact) mass is 209 g/mol. The summed E-state index contributed by atoms with van der Waals surface area (Å²) in [5.41, 5.74) is 1.18. The maximum Gasteiger partial charge on any atom is 0.339 e. The van der Waals surface area contributed by atoms with E-state index in [0.717, 1.165) is 0 Å². The molecule has 1 heterocycles. The van der Waals surface area contributed by atoms with Gasteiger partial charge in [0.05, 0.1) is 17.9 Å². The summed E-state index contributed by atoms with van der Waals surface area (Å²) in [4.78, 5) is 15.6. The standard InChI is InChI=1S/C11H15NO3/c1-2-15-11(14)9-5-3-7-12-10(9)6-4-8-13/h3,5,7,13H,2,4,6,8H2,1H3. The molecule has 0 saturated heterocycles. The number of pyridine rings is 1. The van der Waals surface area contributed by atoms with Crippen LogP contribution in [0.2, 0.25) is 0 Å². The van der Waals surface area contributed by atoms with E-state index in [1.54, 1.807) is 25.3 Å². The number of ether oxygens (including phenoxy) is 1. The smallest absolute Gasteiger partial charge is 0.339 e. The van der Waals surface area contributed by atoms with Gasteiger partial charge in [0, 0.05) is 12.8 Å². The number of nitrogens with zero attached hydrogens (tertiary/aromatic N) is 1.